The Morgan fingerprint density at radius 2 is 0.576 bits per heavy atom. The lowest BCUT2D eigenvalue weighted by Crippen LogP contribution is -2.25. The number of rotatable bonds is 8. The lowest BCUT2D eigenvalue weighted by molar-refractivity contribution is 0.600. The van der Waals surface area contributed by atoms with Gasteiger partial charge in [-0.15, -0.1) is 0 Å². The maximum absolute atomic E-state index is 2.57. The average Bonchev–Trinajstić information content (AvgIpc) is 2.71. The van der Waals surface area contributed by atoms with Gasteiger partial charge in [-0.25, -0.2) is 0 Å². The minimum Gasteiger partial charge on any atom is -0.0587 e. The van der Waals surface area contributed by atoms with E-state index in [-0.39, 0.29) is 5.41 Å². The fourth-order valence-electron chi connectivity index (χ4n) is 5.48. The van der Waals surface area contributed by atoms with Gasteiger partial charge >= 0.3 is 0 Å². The molecule has 0 saturated carbocycles. The van der Waals surface area contributed by atoms with Crippen LogP contribution in [-0.2, 0) is 5.41 Å². The monoisotopic (exact) mass is 448 g/mol. The molecule has 0 atom stereocenters. The molecule has 0 heteroatoms. The molecule has 0 amide bonds. The Bertz CT molecular complexity index is 871. The maximum atomic E-state index is 2.57. The first-order valence-electron chi connectivity index (χ1n) is 13.5. The third-order valence-corrected chi connectivity index (χ3v) is 7.59. The highest BCUT2D eigenvalue weighted by Gasteiger charge is 2.32. The van der Waals surface area contributed by atoms with Gasteiger partial charge in [-0.1, -0.05) is 121 Å². The van der Waals surface area contributed by atoms with Crippen LogP contribution < -0.4 is 0 Å². The van der Waals surface area contributed by atoms with Crippen LogP contribution in [0.15, 0.2) is 24.3 Å². The molecule has 0 N–H and O–H groups in total. The maximum Gasteiger partial charge on any atom is 0.0152 e. The number of hydrogen-bond acceptors (Lipinski definition) is 0. The second-order valence-electron chi connectivity index (χ2n) is 12.7. The topological polar surface area (TPSA) is 0 Å². The number of hydrogen-bond donors (Lipinski definition) is 0. The van der Waals surface area contributed by atoms with E-state index in [9.17, 15) is 0 Å². The summed E-state index contributed by atoms with van der Waals surface area (Å²) in [7, 11) is 0. The van der Waals surface area contributed by atoms with Gasteiger partial charge in [-0.3, -0.25) is 0 Å². The molecule has 0 unspecified atom stereocenters. The average molecular weight is 449 g/mol. The van der Waals surface area contributed by atoms with Gasteiger partial charge in [0.25, 0.3) is 0 Å². The lowest BCUT2D eigenvalue weighted by Gasteiger charge is -2.36. The van der Waals surface area contributed by atoms with E-state index >= 15 is 0 Å². The highest BCUT2D eigenvalue weighted by Crippen LogP contribution is 2.45. The summed E-state index contributed by atoms with van der Waals surface area (Å²) in [6, 6.07) is 10.2. The summed E-state index contributed by atoms with van der Waals surface area (Å²) in [5, 5.41) is 0. The molecule has 2 rings (SSSR count). The zero-order chi connectivity index (χ0) is 25.4. The molecule has 0 fully saturated rings. The molecule has 0 aliphatic heterocycles. The van der Waals surface area contributed by atoms with Gasteiger partial charge in [0.05, 0.1) is 0 Å². The van der Waals surface area contributed by atoms with Gasteiger partial charge in [0, 0.05) is 5.41 Å². The van der Waals surface area contributed by atoms with E-state index in [0.29, 0.717) is 35.5 Å². The second-order valence-corrected chi connectivity index (χ2v) is 12.7. The molecule has 0 spiro atoms. The van der Waals surface area contributed by atoms with Crippen LogP contribution in [0.5, 0.6) is 0 Å². The van der Waals surface area contributed by atoms with Gasteiger partial charge < -0.3 is 0 Å². The van der Waals surface area contributed by atoms with Crippen molar-refractivity contribution in [3.05, 3.63) is 68.8 Å². The van der Waals surface area contributed by atoms with Gasteiger partial charge in [-0.05, 0) is 80.0 Å². The van der Waals surface area contributed by atoms with Crippen molar-refractivity contribution in [1.29, 1.82) is 0 Å². The molecule has 184 valence electrons. The number of benzene rings is 2. The van der Waals surface area contributed by atoms with Crippen LogP contribution in [0.25, 0.3) is 0 Å². The molecule has 0 nitrogen and oxygen atoms in total. The van der Waals surface area contributed by atoms with Crippen molar-refractivity contribution in [2.45, 2.75) is 138 Å². The summed E-state index contributed by atoms with van der Waals surface area (Å²) >= 11 is 0. The third kappa shape index (κ3) is 5.58. The van der Waals surface area contributed by atoms with Gasteiger partial charge in [-0.2, -0.15) is 0 Å². The Balaban J connectivity index is 2.96. The minimum absolute atomic E-state index is 0.0580. The molecule has 0 aliphatic carbocycles. The standard InChI is InChI=1S/C33H52/c1-19(2)25-15-29(23(9)10)31(17-27(25)21(5)6)33(13,14)32-18-28(22(7)8)26(20(3)4)16-30(32)24(11)12/h15-24H,1-14H3. The Morgan fingerprint density at radius 1 is 0.364 bits per heavy atom. The van der Waals surface area contributed by atoms with Crippen LogP contribution in [-0.4, -0.2) is 0 Å². The van der Waals surface area contributed by atoms with Crippen molar-refractivity contribution in [1.82, 2.24) is 0 Å². The van der Waals surface area contributed by atoms with E-state index in [1.165, 1.54) is 44.5 Å². The van der Waals surface area contributed by atoms with Crippen LogP contribution in [0.4, 0.5) is 0 Å². The molecular formula is C33H52. The summed E-state index contributed by atoms with van der Waals surface area (Å²) in [5.41, 5.74) is 12.1. The Labute approximate surface area is 206 Å². The van der Waals surface area contributed by atoms with Crippen molar-refractivity contribution < 1.29 is 0 Å². The summed E-state index contributed by atoms with van der Waals surface area (Å²) in [6.45, 7) is 33.1. The smallest absolute Gasteiger partial charge is 0.0152 e. The molecule has 0 radical (unpaired) electrons. The van der Waals surface area contributed by atoms with E-state index < -0.39 is 0 Å². The molecule has 0 bridgehead atoms. The highest BCUT2D eigenvalue weighted by molar-refractivity contribution is 5.54. The third-order valence-electron chi connectivity index (χ3n) is 7.59. The summed E-state index contributed by atoms with van der Waals surface area (Å²) in [4.78, 5) is 0. The van der Waals surface area contributed by atoms with Crippen LogP contribution in [0.2, 0.25) is 0 Å². The fourth-order valence-corrected chi connectivity index (χ4v) is 5.48. The van der Waals surface area contributed by atoms with Crippen molar-refractivity contribution in [2.24, 2.45) is 0 Å². The second kappa shape index (κ2) is 10.4. The van der Waals surface area contributed by atoms with Crippen LogP contribution in [0, 0.1) is 0 Å². The summed E-state index contributed by atoms with van der Waals surface area (Å²) in [6.07, 6.45) is 0. The van der Waals surface area contributed by atoms with Crippen molar-refractivity contribution >= 4 is 0 Å². The summed E-state index contributed by atoms with van der Waals surface area (Å²) in [5.74, 6) is 3.14. The van der Waals surface area contributed by atoms with E-state index in [1.54, 1.807) is 0 Å². The Hall–Kier alpha value is -1.56. The molecule has 2 aromatic rings. The van der Waals surface area contributed by atoms with Gasteiger partial charge in [0.1, 0.15) is 0 Å². The van der Waals surface area contributed by atoms with Gasteiger partial charge in [0.15, 0.2) is 0 Å². The first-order valence-corrected chi connectivity index (χ1v) is 13.5. The first-order chi connectivity index (χ1) is 15.1. The van der Waals surface area contributed by atoms with Crippen LogP contribution in [0.3, 0.4) is 0 Å². The van der Waals surface area contributed by atoms with E-state index in [2.05, 4.69) is 121 Å². The quantitative estimate of drug-likeness (QED) is 0.376. The van der Waals surface area contributed by atoms with E-state index in [4.69, 9.17) is 0 Å². The van der Waals surface area contributed by atoms with E-state index in [1.807, 2.05) is 0 Å². The van der Waals surface area contributed by atoms with Crippen molar-refractivity contribution in [2.75, 3.05) is 0 Å². The van der Waals surface area contributed by atoms with Crippen molar-refractivity contribution in [3.8, 4) is 0 Å². The molecule has 33 heavy (non-hydrogen) atoms. The molecular weight excluding hydrogens is 396 g/mol. The predicted molar refractivity (Wildman–Crippen MR) is 150 cm³/mol. The largest absolute Gasteiger partial charge is 0.0587 e. The summed E-state index contributed by atoms with van der Waals surface area (Å²) < 4.78 is 0. The fraction of sp³-hybridized carbons (Fsp3) is 0.636. The zero-order valence-corrected chi connectivity index (χ0v) is 24.3. The Morgan fingerprint density at radius 3 is 0.788 bits per heavy atom. The van der Waals surface area contributed by atoms with Crippen LogP contribution in [0.1, 0.15) is 177 Å². The SMILES string of the molecule is CC(C)c1cc(C(C)C)c(C(C)(C)c2cc(C(C)C)c(C(C)C)cc2C(C)C)cc1C(C)C. The Kier molecular flexibility index (Phi) is 8.70. The molecule has 0 aromatic heterocycles. The highest BCUT2D eigenvalue weighted by atomic mass is 14.4. The van der Waals surface area contributed by atoms with Gasteiger partial charge in [0.2, 0.25) is 0 Å². The predicted octanol–water partition coefficient (Wildman–Crippen LogP) is 10.8. The zero-order valence-electron chi connectivity index (χ0n) is 24.3. The first kappa shape index (κ1) is 27.7. The normalized spacial score (nSPS) is 13.0. The molecule has 0 saturated heterocycles. The van der Waals surface area contributed by atoms with Crippen molar-refractivity contribution in [3.63, 3.8) is 0 Å². The molecule has 0 aliphatic rings. The molecule has 0 heterocycles. The lowest BCUT2D eigenvalue weighted by atomic mass is 9.68. The molecule has 2 aromatic carbocycles. The van der Waals surface area contributed by atoms with Crippen LogP contribution >= 0.6 is 0 Å². The van der Waals surface area contributed by atoms with E-state index in [0.717, 1.165) is 0 Å². The minimum atomic E-state index is -0.0580.